The predicted octanol–water partition coefficient (Wildman–Crippen LogP) is 1.99. The zero-order valence-corrected chi connectivity index (χ0v) is 12.9. The third kappa shape index (κ3) is 5.36. The molecule has 1 aromatic rings. The molecule has 1 rings (SSSR count). The molecule has 0 bridgehead atoms. The van der Waals surface area contributed by atoms with Crippen LogP contribution in [0.5, 0.6) is 0 Å². The number of carbonyl (C=O) groups is 2. The van der Waals surface area contributed by atoms with Gasteiger partial charge in [0.15, 0.2) is 0 Å². The van der Waals surface area contributed by atoms with E-state index in [-0.39, 0.29) is 25.7 Å². The summed E-state index contributed by atoms with van der Waals surface area (Å²) in [6.45, 7) is 0.561. The number of nitrogens with zero attached hydrogens (tertiary/aromatic N) is 2. The molecule has 0 atom stereocenters. The molecule has 112 valence electrons. The Bertz CT molecular complexity index is 466. The highest BCUT2D eigenvalue weighted by atomic mass is 35.5. The Kier molecular flexibility index (Phi) is 6.77. The molecule has 0 spiro atoms. The minimum absolute atomic E-state index is 0.233. The van der Waals surface area contributed by atoms with E-state index in [2.05, 4.69) is 0 Å². The SMILES string of the molecule is COCCN(CC(=O)O)C(=O)N(C)Cc1ccc(Cl)s1. The topological polar surface area (TPSA) is 70.1 Å². The second-order valence-corrected chi connectivity index (χ2v) is 5.95. The van der Waals surface area contributed by atoms with Gasteiger partial charge in [-0.2, -0.15) is 0 Å². The van der Waals surface area contributed by atoms with E-state index < -0.39 is 5.97 Å². The van der Waals surface area contributed by atoms with E-state index in [1.54, 1.807) is 13.1 Å². The summed E-state index contributed by atoms with van der Waals surface area (Å²) in [5, 5.41) is 8.84. The van der Waals surface area contributed by atoms with Crippen molar-refractivity contribution in [3.63, 3.8) is 0 Å². The maximum atomic E-state index is 12.2. The number of carboxylic acids is 1. The predicted molar refractivity (Wildman–Crippen MR) is 77.3 cm³/mol. The molecule has 0 fully saturated rings. The molecule has 6 nitrogen and oxygen atoms in total. The smallest absolute Gasteiger partial charge is 0.323 e. The van der Waals surface area contributed by atoms with Gasteiger partial charge in [-0.15, -0.1) is 11.3 Å². The fourth-order valence-corrected chi connectivity index (χ4v) is 2.73. The number of ether oxygens (including phenoxy) is 1. The van der Waals surface area contributed by atoms with Crippen molar-refractivity contribution in [2.75, 3.05) is 33.9 Å². The normalized spacial score (nSPS) is 10.3. The second-order valence-electron chi connectivity index (χ2n) is 4.15. The Balaban J connectivity index is 2.64. The minimum atomic E-state index is -1.05. The number of rotatable bonds is 7. The number of halogens is 1. The molecular formula is C12H17ClN2O4S. The summed E-state index contributed by atoms with van der Waals surface area (Å²) in [6.07, 6.45) is 0. The Hall–Kier alpha value is -1.31. The number of carbonyl (C=O) groups excluding carboxylic acids is 1. The first-order valence-electron chi connectivity index (χ1n) is 5.89. The van der Waals surface area contributed by atoms with E-state index in [1.807, 2.05) is 6.07 Å². The number of thiophene rings is 1. The van der Waals surface area contributed by atoms with Gasteiger partial charge in [0.25, 0.3) is 0 Å². The first-order chi connectivity index (χ1) is 9.43. The van der Waals surface area contributed by atoms with Crippen LogP contribution in [0, 0.1) is 0 Å². The van der Waals surface area contributed by atoms with Crippen molar-refractivity contribution in [3.05, 3.63) is 21.3 Å². The Morgan fingerprint density at radius 1 is 1.45 bits per heavy atom. The van der Waals surface area contributed by atoms with Crippen LogP contribution in [0.15, 0.2) is 12.1 Å². The summed E-state index contributed by atoms with van der Waals surface area (Å²) in [5.41, 5.74) is 0. The van der Waals surface area contributed by atoms with Crippen molar-refractivity contribution < 1.29 is 19.4 Å². The van der Waals surface area contributed by atoms with E-state index in [0.717, 1.165) is 4.88 Å². The van der Waals surface area contributed by atoms with E-state index in [9.17, 15) is 9.59 Å². The van der Waals surface area contributed by atoms with Crippen LogP contribution >= 0.6 is 22.9 Å². The molecule has 0 aliphatic carbocycles. The highest BCUT2D eigenvalue weighted by molar-refractivity contribution is 7.16. The lowest BCUT2D eigenvalue weighted by Gasteiger charge is -2.26. The standard InChI is InChI=1S/C12H17ClN2O4S/c1-14(7-9-3-4-10(13)20-9)12(18)15(5-6-19-2)8-11(16)17/h3-4H,5-8H2,1-2H3,(H,16,17). The molecular weight excluding hydrogens is 304 g/mol. The molecule has 0 radical (unpaired) electrons. The van der Waals surface area contributed by atoms with Crippen molar-refractivity contribution in [2.45, 2.75) is 6.54 Å². The van der Waals surface area contributed by atoms with E-state index >= 15 is 0 Å². The number of carboxylic acid groups (broad SMARTS) is 1. The largest absolute Gasteiger partial charge is 0.480 e. The molecule has 1 aromatic heterocycles. The minimum Gasteiger partial charge on any atom is -0.480 e. The Labute approximate surface area is 126 Å². The van der Waals surface area contributed by atoms with Gasteiger partial charge in [0.1, 0.15) is 6.54 Å². The Morgan fingerprint density at radius 3 is 2.65 bits per heavy atom. The van der Waals surface area contributed by atoms with Crippen LogP contribution in [0.2, 0.25) is 4.34 Å². The van der Waals surface area contributed by atoms with Crippen LogP contribution in [0.1, 0.15) is 4.88 Å². The lowest BCUT2D eigenvalue weighted by Crippen LogP contribution is -2.44. The van der Waals surface area contributed by atoms with Crippen LogP contribution in [0.4, 0.5) is 4.79 Å². The number of aliphatic carboxylic acids is 1. The third-order valence-electron chi connectivity index (χ3n) is 2.51. The molecule has 8 heteroatoms. The van der Waals surface area contributed by atoms with Gasteiger partial charge in [-0.05, 0) is 12.1 Å². The lowest BCUT2D eigenvalue weighted by molar-refractivity contribution is -0.137. The molecule has 0 aromatic carbocycles. The fraction of sp³-hybridized carbons (Fsp3) is 0.500. The zero-order valence-electron chi connectivity index (χ0n) is 11.3. The van der Waals surface area contributed by atoms with Gasteiger partial charge < -0.3 is 19.6 Å². The first-order valence-corrected chi connectivity index (χ1v) is 7.08. The summed E-state index contributed by atoms with van der Waals surface area (Å²) in [7, 11) is 3.12. The maximum absolute atomic E-state index is 12.2. The average Bonchev–Trinajstić information content (AvgIpc) is 2.78. The summed E-state index contributed by atoms with van der Waals surface area (Å²) in [4.78, 5) is 26.6. The van der Waals surface area contributed by atoms with Gasteiger partial charge in [0, 0.05) is 25.6 Å². The number of methoxy groups -OCH3 is 1. The van der Waals surface area contributed by atoms with Crippen LogP contribution in [-0.4, -0.2) is 60.8 Å². The van der Waals surface area contributed by atoms with Crippen LogP contribution in [-0.2, 0) is 16.1 Å². The number of hydrogen-bond acceptors (Lipinski definition) is 4. The summed E-state index contributed by atoms with van der Waals surface area (Å²) >= 11 is 7.22. The fourth-order valence-electron chi connectivity index (χ4n) is 1.59. The molecule has 0 aliphatic rings. The molecule has 2 amide bonds. The highest BCUT2D eigenvalue weighted by Crippen LogP contribution is 2.22. The van der Waals surface area contributed by atoms with E-state index in [0.29, 0.717) is 10.9 Å². The molecule has 20 heavy (non-hydrogen) atoms. The molecule has 0 unspecified atom stereocenters. The van der Waals surface area contributed by atoms with E-state index in [1.165, 1.54) is 28.2 Å². The monoisotopic (exact) mass is 320 g/mol. The second kappa shape index (κ2) is 8.08. The number of amides is 2. The van der Waals surface area contributed by atoms with Crippen molar-refractivity contribution in [1.82, 2.24) is 9.80 Å². The van der Waals surface area contributed by atoms with Crippen LogP contribution in [0.3, 0.4) is 0 Å². The van der Waals surface area contributed by atoms with Gasteiger partial charge in [0.05, 0.1) is 17.5 Å². The van der Waals surface area contributed by atoms with Gasteiger partial charge in [-0.25, -0.2) is 4.79 Å². The quantitative estimate of drug-likeness (QED) is 0.834. The van der Waals surface area contributed by atoms with Crippen LogP contribution < -0.4 is 0 Å². The first kappa shape index (κ1) is 16.7. The molecule has 1 heterocycles. The maximum Gasteiger partial charge on any atom is 0.323 e. The molecule has 0 aliphatic heterocycles. The molecule has 0 saturated heterocycles. The van der Waals surface area contributed by atoms with E-state index in [4.69, 9.17) is 21.4 Å². The summed E-state index contributed by atoms with van der Waals surface area (Å²) in [5.74, 6) is -1.05. The van der Waals surface area contributed by atoms with Gasteiger partial charge in [0.2, 0.25) is 0 Å². The summed E-state index contributed by atoms with van der Waals surface area (Å²) in [6, 6.07) is 3.25. The van der Waals surface area contributed by atoms with Gasteiger partial charge >= 0.3 is 12.0 Å². The van der Waals surface area contributed by atoms with Gasteiger partial charge in [-0.3, -0.25) is 4.79 Å². The number of urea groups is 1. The van der Waals surface area contributed by atoms with Crippen molar-refractivity contribution in [1.29, 1.82) is 0 Å². The average molecular weight is 321 g/mol. The summed E-state index contributed by atoms with van der Waals surface area (Å²) < 4.78 is 5.54. The highest BCUT2D eigenvalue weighted by Gasteiger charge is 2.20. The zero-order chi connectivity index (χ0) is 15.1. The number of hydrogen-bond donors (Lipinski definition) is 1. The lowest BCUT2D eigenvalue weighted by atomic mass is 10.4. The van der Waals surface area contributed by atoms with Crippen molar-refractivity contribution >= 4 is 34.9 Å². The van der Waals surface area contributed by atoms with Crippen molar-refractivity contribution in [3.8, 4) is 0 Å². The molecule has 1 N–H and O–H groups in total. The van der Waals surface area contributed by atoms with Gasteiger partial charge in [-0.1, -0.05) is 11.6 Å². The molecule has 0 saturated carbocycles. The van der Waals surface area contributed by atoms with Crippen LogP contribution in [0.25, 0.3) is 0 Å². The van der Waals surface area contributed by atoms with Crippen molar-refractivity contribution in [2.24, 2.45) is 0 Å². The third-order valence-corrected chi connectivity index (χ3v) is 3.73. The Morgan fingerprint density at radius 2 is 2.15 bits per heavy atom.